The Balaban J connectivity index is 1.92. The average Bonchev–Trinajstić information content (AvgIpc) is 3.17. The predicted molar refractivity (Wildman–Crippen MR) is 72.4 cm³/mol. The maximum atomic E-state index is 6.38. The van der Waals surface area contributed by atoms with Gasteiger partial charge in [0.1, 0.15) is 0 Å². The molecule has 0 heterocycles. The molecule has 0 unspecified atom stereocenters. The topological polar surface area (TPSA) is 29.3 Å². The Morgan fingerprint density at radius 1 is 1.24 bits per heavy atom. The van der Waals surface area contributed by atoms with Crippen molar-refractivity contribution < 1.29 is 0 Å². The van der Waals surface area contributed by atoms with Crippen molar-refractivity contribution in [2.45, 2.75) is 38.3 Å². The average molecular weight is 251 g/mol. The van der Waals surface area contributed by atoms with Gasteiger partial charge in [0.15, 0.2) is 0 Å². The third kappa shape index (κ3) is 2.43. The zero-order valence-electron chi connectivity index (χ0n) is 10.0. The highest BCUT2D eigenvalue weighted by atomic mass is 35.5. The Labute approximate surface area is 108 Å². The van der Waals surface area contributed by atoms with E-state index in [1.807, 2.05) is 12.1 Å². The molecular formula is C14H19ClN2. The highest BCUT2D eigenvalue weighted by Crippen LogP contribution is 2.41. The van der Waals surface area contributed by atoms with Gasteiger partial charge in [0.05, 0.1) is 10.7 Å². The maximum Gasteiger partial charge on any atom is 0.0643 e. The standard InChI is InChI=1S/C14H19ClN2/c15-13-3-1-2-11(8-16)14(13)17(12-6-7-12)9-10-4-5-10/h1-3,10,12H,4-9,16H2. The second kappa shape index (κ2) is 4.51. The summed E-state index contributed by atoms with van der Waals surface area (Å²) in [5, 5.41) is 0.862. The van der Waals surface area contributed by atoms with Crippen molar-refractivity contribution in [3.05, 3.63) is 28.8 Å². The number of rotatable bonds is 5. The van der Waals surface area contributed by atoms with Gasteiger partial charge in [-0.3, -0.25) is 0 Å². The highest BCUT2D eigenvalue weighted by molar-refractivity contribution is 6.33. The van der Waals surface area contributed by atoms with E-state index in [1.165, 1.54) is 43.5 Å². The van der Waals surface area contributed by atoms with Gasteiger partial charge in [-0.2, -0.15) is 0 Å². The molecule has 3 rings (SSSR count). The van der Waals surface area contributed by atoms with E-state index in [4.69, 9.17) is 17.3 Å². The van der Waals surface area contributed by atoms with Crippen LogP contribution in [0.25, 0.3) is 0 Å². The number of nitrogens with zero attached hydrogens (tertiary/aromatic N) is 1. The summed E-state index contributed by atoms with van der Waals surface area (Å²) in [5.74, 6) is 0.887. The van der Waals surface area contributed by atoms with Crippen molar-refractivity contribution in [3.8, 4) is 0 Å². The van der Waals surface area contributed by atoms with Gasteiger partial charge < -0.3 is 10.6 Å². The molecule has 1 aromatic rings. The third-order valence-corrected chi connectivity index (χ3v) is 4.02. The number of hydrogen-bond acceptors (Lipinski definition) is 2. The molecule has 0 spiro atoms. The SMILES string of the molecule is NCc1cccc(Cl)c1N(CC1CC1)C1CC1. The summed E-state index contributed by atoms with van der Waals surface area (Å²) in [4.78, 5) is 2.52. The first-order chi connectivity index (χ1) is 8.29. The first kappa shape index (κ1) is 11.4. The first-order valence-electron chi connectivity index (χ1n) is 6.53. The molecule has 0 atom stereocenters. The van der Waals surface area contributed by atoms with Crippen molar-refractivity contribution in [2.24, 2.45) is 11.7 Å². The number of halogens is 1. The maximum absolute atomic E-state index is 6.38. The molecule has 2 N–H and O–H groups in total. The fourth-order valence-electron chi connectivity index (χ4n) is 2.43. The Bertz CT molecular complexity index is 411. The minimum Gasteiger partial charge on any atom is -0.367 e. The Morgan fingerprint density at radius 3 is 2.59 bits per heavy atom. The molecule has 0 saturated heterocycles. The van der Waals surface area contributed by atoms with Gasteiger partial charge in [0.2, 0.25) is 0 Å². The molecule has 17 heavy (non-hydrogen) atoms. The lowest BCUT2D eigenvalue weighted by molar-refractivity contribution is 0.714. The second-order valence-electron chi connectivity index (χ2n) is 5.28. The number of anilines is 1. The van der Waals surface area contributed by atoms with Crippen LogP contribution in [0.2, 0.25) is 5.02 Å². The van der Waals surface area contributed by atoms with Gasteiger partial charge in [0.25, 0.3) is 0 Å². The van der Waals surface area contributed by atoms with Gasteiger partial charge >= 0.3 is 0 Å². The first-order valence-corrected chi connectivity index (χ1v) is 6.91. The summed E-state index contributed by atoms with van der Waals surface area (Å²) in [6, 6.07) is 6.79. The van der Waals surface area contributed by atoms with Crippen LogP contribution in [0.15, 0.2) is 18.2 Å². The lowest BCUT2D eigenvalue weighted by Crippen LogP contribution is -2.29. The third-order valence-electron chi connectivity index (χ3n) is 3.72. The van der Waals surface area contributed by atoms with E-state index in [1.54, 1.807) is 0 Å². The minimum absolute atomic E-state index is 0.573. The van der Waals surface area contributed by atoms with Gasteiger partial charge in [-0.25, -0.2) is 0 Å². The molecule has 3 heteroatoms. The second-order valence-corrected chi connectivity index (χ2v) is 5.69. The zero-order valence-corrected chi connectivity index (χ0v) is 10.8. The van der Waals surface area contributed by atoms with E-state index in [0.29, 0.717) is 12.6 Å². The molecule has 2 aliphatic carbocycles. The Kier molecular flexibility index (Phi) is 3.01. The summed E-state index contributed by atoms with van der Waals surface area (Å²) in [5.41, 5.74) is 8.22. The molecule has 1 aromatic carbocycles. The highest BCUT2D eigenvalue weighted by Gasteiger charge is 2.35. The monoisotopic (exact) mass is 250 g/mol. The fraction of sp³-hybridized carbons (Fsp3) is 0.571. The van der Waals surface area contributed by atoms with Crippen LogP contribution < -0.4 is 10.6 Å². The summed E-state index contributed by atoms with van der Waals surface area (Å²) >= 11 is 6.38. The van der Waals surface area contributed by atoms with E-state index in [2.05, 4.69) is 11.0 Å². The van der Waals surface area contributed by atoms with Crippen LogP contribution in [-0.4, -0.2) is 12.6 Å². The van der Waals surface area contributed by atoms with Crippen LogP contribution >= 0.6 is 11.6 Å². The quantitative estimate of drug-likeness (QED) is 0.870. The molecule has 92 valence electrons. The van der Waals surface area contributed by atoms with Crippen molar-refractivity contribution in [3.63, 3.8) is 0 Å². The molecule has 2 aliphatic rings. The summed E-state index contributed by atoms with van der Waals surface area (Å²) in [6.45, 7) is 1.74. The normalized spacial score (nSPS) is 19.4. The van der Waals surface area contributed by atoms with Crippen molar-refractivity contribution in [1.82, 2.24) is 0 Å². The van der Waals surface area contributed by atoms with Gasteiger partial charge in [-0.1, -0.05) is 23.7 Å². The van der Waals surface area contributed by atoms with Crippen LogP contribution in [0.1, 0.15) is 31.2 Å². The Morgan fingerprint density at radius 2 is 2.00 bits per heavy atom. The molecule has 0 bridgehead atoms. The predicted octanol–water partition coefficient (Wildman–Crippen LogP) is 3.18. The zero-order chi connectivity index (χ0) is 11.8. The van der Waals surface area contributed by atoms with Gasteiger partial charge in [0, 0.05) is 19.1 Å². The minimum atomic E-state index is 0.573. The fourth-order valence-corrected chi connectivity index (χ4v) is 2.74. The molecule has 0 aromatic heterocycles. The summed E-state index contributed by atoms with van der Waals surface area (Å²) < 4.78 is 0. The number of hydrogen-bond donors (Lipinski definition) is 1. The van der Waals surface area contributed by atoms with Crippen molar-refractivity contribution in [1.29, 1.82) is 0 Å². The van der Waals surface area contributed by atoms with Gasteiger partial charge in [-0.05, 0) is 43.2 Å². The van der Waals surface area contributed by atoms with E-state index in [0.717, 1.165) is 10.9 Å². The Hall–Kier alpha value is -0.730. The smallest absolute Gasteiger partial charge is 0.0643 e. The summed E-state index contributed by atoms with van der Waals surface area (Å²) in [7, 11) is 0. The number of benzene rings is 1. The molecule has 2 nitrogen and oxygen atoms in total. The van der Waals surface area contributed by atoms with Crippen LogP contribution in [0.4, 0.5) is 5.69 Å². The van der Waals surface area contributed by atoms with Crippen molar-refractivity contribution >= 4 is 17.3 Å². The molecule has 0 aliphatic heterocycles. The van der Waals surface area contributed by atoms with E-state index in [-0.39, 0.29) is 0 Å². The van der Waals surface area contributed by atoms with E-state index < -0.39 is 0 Å². The van der Waals surface area contributed by atoms with E-state index in [9.17, 15) is 0 Å². The van der Waals surface area contributed by atoms with Crippen LogP contribution in [0.3, 0.4) is 0 Å². The molecule has 0 amide bonds. The van der Waals surface area contributed by atoms with Crippen molar-refractivity contribution in [2.75, 3.05) is 11.4 Å². The lowest BCUT2D eigenvalue weighted by atomic mass is 10.1. The van der Waals surface area contributed by atoms with Crippen LogP contribution in [0.5, 0.6) is 0 Å². The molecule has 2 fully saturated rings. The number of nitrogens with two attached hydrogens (primary N) is 1. The molecule has 2 saturated carbocycles. The number of para-hydroxylation sites is 1. The lowest BCUT2D eigenvalue weighted by Gasteiger charge is -2.28. The summed E-state index contributed by atoms with van der Waals surface area (Å²) in [6.07, 6.45) is 5.38. The van der Waals surface area contributed by atoms with Crippen LogP contribution in [-0.2, 0) is 6.54 Å². The van der Waals surface area contributed by atoms with Crippen LogP contribution in [0, 0.1) is 5.92 Å². The van der Waals surface area contributed by atoms with E-state index >= 15 is 0 Å². The van der Waals surface area contributed by atoms with Gasteiger partial charge in [-0.15, -0.1) is 0 Å². The molecular weight excluding hydrogens is 232 g/mol. The molecule has 0 radical (unpaired) electrons. The largest absolute Gasteiger partial charge is 0.367 e.